The van der Waals surface area contributed by atoms with Gasteiger partial charge in [-0.2, -0.15) is 0 Å². The second kappa shape index (κ2) is 8.04. The Kier molecular flexibility index (Phi) is 5.56. The lowest BCUT2D eigenvalue weighted by atomic mass is 10.1. The maximum atomic E-state index is 12.1. The zero-order valence-electron chi connectivity index (χ0n) is 15.2. The number of ether oxygens (including phenoxy) is 1. The van der Waals surface area contributed by atoms with Crippen LogP contribution >= 0.6 is 0 Å². The summed E-state index contributed by atoms with van der Waals surface area (Å²) in [5, 5.41) is 2.85. The Bertz CT molecular complexity index is 817. The van der Waals surface area contributed by atoms with Gasteiger partial charge in [-0.3, -0.25) is 9.59 Å². The SMILES string of the molecule is Cc1ccc(OCC(=O)Nc2cccc(CN3CCCC3=O)c2)cc1C. The van der Waals surface area contributed by atoms with E-state index in [2.05, 4.69) is 5.32 Å². The van der Waals surface area contributed by atoms with E-state index in [1.165, 1.54) is 5.56 Å². The van der Waals surface area contributed by atoms with Crippen molar-refractivity contribution >= 4 is 17.5 Å². The minimum atomic E-state index is -0.211. The average Bonchev–Trinajstić information content (AvgIpc) is 3.01. The highest BCUT2D eigenvalue weighted by Gasteiger charge is 2.20. The third kappa shape index (κ3) is 4.63. The number of anilines is 1. The minimum Gasteiger partial charge on any atom is -0.484 e. The van der Waals surface area contributed by atoms with Gasteiger partial charge in [0.15, 0.2) is 6.61 Å². The normalized spacial score (nSPS) is 13.8. The molecule has 3 rings (SSSR count). The molecule has 0 saturated carbocycles. The Labute approximate surface area is 154 Å². The second-order valence-electron chi connectivity index (χ2n) is 6.70. The van der Waals surface area contributed by atoms with Crippen LogP contribution in [0.5, 0.6) is 5.75 Å². The smallest absolute Gasteiger partial charge is 0.262 e. The van der Waals surface area contributed by atoms with E-state index in [1.807, 2.05) is 61.2 Å². The van der Waals surface area contributed by atoms with Crippen molar-refractivity contribution in [1.29, 1.82) is 0 Å². The summed E-state index contributed by atoms with van der Waals surface area (Å²) in [6.07, 6.45) is 1.55. The average molecular weight is 352 g/mol. The Morgan fingerprint density at radius 1 is 1.15 bits per heavy atom. The highest BCUT2D eigenvalue weighted by Crippen LogP contribution is 2.18. The molecule has 0 spiro atoms. The van der Waals surface area contributed by atoms with E-state index in [-0.39, 0.29) is 18.4 Å². The molecule has 5 heteroatoms. The van der Waals surface area contributed by atoms with Gasteiger partial charge in [0.1, 0.15) is 5.75 Å². The van der Waals surface area contributed by atoms with Crippen LogP contribution in [-0.4, -0.2) is 29.9 Å². The van der Waals surface area contributed by atoms with Crippen molar-refractivity contribution in [2.45, 2.75) is 33.2 Å². The van der Waals surface area contributed by atoms with Crippen LogP contribution in [0.25, 0.3) is 0 Å². The van der Waals surface area contributed by atoms with E-state index in [0.717, 1.165) is 24.1 Å². The van der Waals surface area contributed by atoms with Crippen LogP contribution in [0.2, 0.25) is 0 Å². The molecule has 0 bridgehead atoms. The Morgan fingerprint density at radius 2 is 2.00 bits per heavy atom. The molecule has 2 aromatic carbocycles. The summed E-state index contributed by atoms with van der Waals surface area (Å²) in [7, 11) is 0. The minimum absolute atomic E-state index is 0.0443. The number of rotatable bonds is 6. The van der Waals surface area contributed by atoms with Crippen molar-refractivity contribution in [2.24, 2.45) is 0 Å². The third-order valence-corrected chi connectivity index (χ3v) is 4.60. The fraction of sp³-hybridized carbons (Fsp3) is 0.333. The van der Waals surface area contributed by atoms with Crippen LogP contribution in [0.3, 0.4) is 0 Å². The summed E-state index contributed by atoms with van der Waals surface area (Å²) in [6, 6.07) is 13.4. The fourth-order valence-electron chi connectivity index (χ4n) is 2.99. The second-order valence-corrected chi connectivity index (χ2v) is 6.70. The van der Waals surface area contributed by atoms with Crippen molar-refractivity contribution in [3.63, 3.8) is 0 Å². The first-order valence-electron chi connectivity index (χ1n) is 8.88. The molecule has 136 valence electrons. The highest BCUT2D eigenvalue weighted by atomic mass is 16.5. The van der Waals surface area contributed by atoms with E-state index >= 15 is 0 Å². The van der Waals surface area contributed by atoms with Crippen molar-refractivity contribution in [1.82, 2.24) is 4.90 Å². The first-order valence-corrected chi connectivity index (χ1v) is 8.88. The zero-order valence-corrected chi connectivity index (χ0v) is 15.2. The van der Waals surface area contributed by atoms with Crippen molar-refractivity contribution < 1.29 is 14.3 Å². The van der Waals surface area contributed by atoms with Gasteiger partial charge in [0.25, 0.3) is 5.91 Å². The zero-order chi connectivity index (χ0) is 18.5. The van der Waals surface area contributed by atoms with Crippen molar-refractivity contribution in [2.75, 3.05) is 18.5 Å². The highest BCUT2D eigenvalue weighted by molar-refractivity contribution is 5.92. The number of nitrogens with one attached hydrogen (secondary N) is 1. The largest absolute Gasteiger partial charge is 0.484 e. The van der Waals surface area contributed by atoms with Gasteiger partial charge in [0.05, 0.1) is 0 Å². The van der Waals surface area contributed by atoms with Gasteiger partial charge < -0.3 is 15.0 Å². The number of benzene rings is 2. The molecule has 1 N–H and O–H groups in total. The van der Waals surface area contributed by atoms with E-state index in [1.54, 1.807) is 0 Å². The summed E-state index contributed by atoms with van der Waals surface area (Å²) in [4.78, 5) is 25.7. The van der Waals surface area contributed by atoms with Crippen molar-refractivity contribution in [3.05, 3.63) is 59.2 Å². The molecule has 1 fully saturated rings. The molecule has 1 heterocycles. The lowest BCUT2D eigenvalue weighted by Gasteiger charge is -2.16. The summed E-state index contributed by atoms with van der Waals surface area (Å²) in [5.74, 6) is 0.670. The number of nitrogens with zero attached hydrogens (tertiary/aromatic N) is 1. The molecular weight excluding hydrogens is 328 g/mol. The number of aryl methyl sites for hydroxylation is 2. The predicted octanol–water partition coefficient (Wildman–Crippen LogP) is 3.44. The Balaban J connectivity index is 1.54. The standard InChI is InChI=1S/C21H24N2O3/c1-15-8-9-19(11-16(15)2)26-14-20(24)22-18-6-3-5-17(12-18)13-23-10-4-7-21(23)25/h3,5-6,8-9,11-12H,4,7,10,13-14H2,1-2H3,(H,22,24). The van der Waals surface area contributed by atoms with Crippen LogP contribution in [0.4, 0.5) is 5.69 Å². The predicted molar refractivity (Wildman–Crippen MR) is 101 cm³/mol. The lowest BCUT2D eigenvalue weighted by Crippen LogP contribution is -2.24. The van der Waals surface area contributed by atoms with Gasteiger partial charge in [-0.15, -0.1) is 0 Å². The molecule has 2 aromatic rings. The summed E-state index contributed by atoms with van der Waals surface area (Å²) < 4.78 is 5.56. The van der Waals surface area contributed by atoms with Crippen LogP contribution in [0.15, 0.2) is 42.5 Å². The third-order valence-electron chi connectivity index (χ3n) is 4.60. The summed E-state index contributed by atoms with van der Waals surface area (Å²) in [5.41, 5.74) is 4.04. The van der Waals surface area contributed by atoms with Gasteiger partial charge in [0.2, 0.25) is 5.91 Å². The van der Waals surface area contributed by atoms with Gasteiger partial charge in [-0.05, 0) is 61.2 Å². The molecule has 1 aliphatic rings. The monoisotopic (exact) mass is 352 g/mol. The number of likely N-dealkylation sites (tertiary alicyclic amines) is 1. The molecule has 0 aromatic heterocycles. The number of carbonyl (C=O) groups is 2. The maximum absolute atomic E-state index is 12.1. The molecule has 1 saturated heterocycles. The first kappa shape index (κ1) is 18.0. The van der Waals surface area contributed by atoms with Crippen molar-refractivity contribution in [3.8, 4) is 5.75 Å². The molecule has 0 aliphatic carbocycles. The van der Waals surface area contributed by atoms with Crippen LogP contribution in [0, 0.1) is 13.8 Å². The van der Waals surface area contributed by atoms with Crippen LogP contribution in [-0.2, 0) is 16.1 Å². The molecule has 1 aliphatic heterocycles. The number of hydrogen-bond acceptors (Lipinski definition) is 3. The fourth-order valence-corrected chi connectivity index (χ4v) is 2.99. The maximum Gasteiger partial charge on any atom is 0.262 e. The Morgan fingerprint density at radius 3 is 2.73 bits per heavy atom. The molecule has 0 radical (unpaired) electrons. The van der Waals surface area contributed by atoms with E-state index in [4.69, 9.17) is 4.74 Å². The quantitative estimate of drug-likeness (QED) is 0.866. The van der Waals surface area contributed by atoms with E-state index in [9.17, 15) is 9.59 Å². The molecule has 0 unspecified atom stereocenters. The number of hydrogen-bond donors (Lipinski definition) is 1. The van der Waals surface area contributed by atoms with Gasteiger partial charge in [-0.1, -0.05) is 18.2 Å². The van der Waals surface area contributed by atoms with Gasteiger partial charge in [-0.25, -0.2) is 0 Å². The number of amides is 2. The van der Waals surface area contributed by atoms with Gasteiger partial charge in [0, 0.05) is 25.2 Å². The summed E-state index contributed by atoms with van der Waals surface area (Å²) in [6.45, 7) is 5.39. The molecule has 0 atom stereocenters. The molecule has 5 nitrogen and oxygen atoms in total. The Hall–Kier alpha value is -2.82. The molecule has 26 heavy (non-hydrogen) atoms. The van der Waals surface area contributed by atoms with Crippen LogP contribution < -0.4 is 10.1 Å². The molecule has 2 amide bonds. The lowest BCUT2D eigenvalue weighted by molar-refractivity contribution is -0.128. The summed E-state index contributed by atoms with van der Waals surface area (Å²) >= 11 is 0. The molecular formula is C21H24N2O3. The van der Waals surface area contributed by atoms with Gasteiger partial charge >= 0.3 is 0 Å². The topological polar surface area (TPSA) is 58.6 Å². The van der Waals surface area contributed by atoms with E-state index in [0.29, 0.717) is 24.4 Å². The van der Waals surface area contributed by atoms with Crippen LogP contribution in [0.1, 0.15) is 29.5 Å². The first-order chi connectivity index (χ1) is 12.5. The van der Waals surface area contributed by atoms with E-state index < -0.39 is 0 Å². The number of carbonyl (C=O) groups excluding carboxylic acids is 2.